The first-order valence-electron chi connectivity index (χ1n) is 4.77. The summed E-state index contributed by atoms with van der Waals surface area (Å²) in [5.41, 5.74) is 0. The highest BCUT2D eigenvalue weighted by atomic mass is 19.4. The summed E-state index contributed by atoms with van der Waals surface area (Å²) in [5.74, 6) is -1.83. The number of hydrogen-bond acceptors (Lipinski definition) is 3. The Bertz CT molecular complexity index is 209. The Hall–Kier alpha value is -0.820. The van der Waals surface area contributed by atoms with Crippen molar-refractivity contribution < 1.29 is 27.4 Å². The Morgan fingerprint density at radius 1 is 1.12 bits per heavy atom. The van der Waals surface area contributed by atoms with Crippen LogP contribution in [0.5, 0.6) is 0 Å². The van der Waals surface area contributed by atoms with Gasteiger partial charge in [-0.15, -0.1) is 0 Å². The molecule has 16 heavy (non-hydrogen) atoms. The third-order valence-electron chi connectivity index (χ3n) is 1.87. The number of carbonyl (C=O) groups excluding carboxylic acids is 1. The molecule has 0 heterocycles. The number of amides is 1. The van der Waals surface area contributed by atoms with Gasteiger partial charge in [-0.2, -0.15) is 13.2 Å². The summed E-state index contributed by atoms with van der Waals surface area (Å²) in [6, 6.07) is 0. The number of methoxy groups -OCH3 is 2. The van der Waals surface area contributed by atoms with Gasteiger partial charge >= 0.3 is 12.1 Å². The van der Waals surface area contributed by atoms with Crippen LogP contribution in [0, 0.1) is 0 Å². The lowest BCUT2D eigenvalue weighted by Crippen LogP contribution is -2.43. The van der Waals surface area contributed by atoms with Crippen LogP contribution in [0.25, 0.3) is 0 Å². The third-order valence-corrected chi connectivity index (χ3v) is 1.87. The minimum Gasteiger partial charge on any atom is -0.385 e. The number of hydrogen-bond donors (Lipinski definition) is 0. The molecule has 0 saturated heterocycles. The van der Waals surface area contributed by atoms with E-state index >= 15 is 0 Å². The fourth-order valence-electron chi connectivity index (χ4n) is 1.10. The maximum absolute atomic E-state index is 12.2. The van der Waals surface area contributed by atoms with Crippen molar-refractivity contribution in [3.05, 3.63) is 0 Å². The first kappa shape index (κ1) is 15.2. The molecule has 0 spiro atoms. The van der Waals surface area contributed by atoms with E-state index in [1.807, 2.05) is 0 Å². The zero-order valence-corrected chi connectivity index (χ0v) is 9.34. The van der Waals surface area contributed by atoms with Crippen molar-refractivity contribution in [2.75, 3.05) is 40.5 Å². The largest absolute Gasteiger partial charge is 0.471 e. The molecule has 4 nitrogen and oxygen atoms in total. The number of alkyl halides is 3. The van der Waals surface area contributed by atoms with Gasteiger partial charge in [0.1, 0.15) is 0 Å². The average molecular weight is 243 g/mol. The van der Waals surface area contributed by atoms with Crippen LogP contribution in [0.15, 0.2) is 0 Å². The van der Waals surface area contributed by atoms with Crippen molar-refractivity contribution in [1.29, 1.82) is 0 Å². The van der Waals surface area contributed by atoms with Crippen LogP contribution in [0.2, 0.25) is 0 Å². The second-order valence-electron chi connectivity index (χ2n) is 3.13. The van der Waals surface area contributed by atoms with E-state index in [1.54, 1.807) is 0 Å². The molecular formula is C9H16F3NO3. The van der Waals surface area contributed by atoms with E-state index in [9.17, 15) is 18.0 Å². The van der Waals surface area contributed by atoms with Gasteiger partial charge in [-0.1, -0.05) is 0 Å². The van der Waals surface area contributed by atoms with Crippen molar-refractivity contribution in [2.24, 2.45) is 0 Å². The molecule has 0 rings (SSSR count). The highest BCUT2D eigenvalue weighted by molar-refractivity contribution is 5.81. The maximum Gasteiger partial charge on any atom is 0.471 e. The molecule has 96 valence electrons. The quantitative estimate of drug-likeness (QED) is 0.628. The van der Waals surface area contributed by atoms with E-state index < -0.39 is 12.1 Å². The minimum atomic E-state index is -4.83. The SMILES string of the molecule is COCCCN(CCOC)C(=O)C(F)(F)F. The monoisotopic (exact) mass is 243 g/mol. The van der Waals surface area contributed by atoms with Gasteiger partial charge < -0.3 is 14.4 Å². The van der Waals surface area contributed by atoms with Gasteiger partial charge in [0.15, 0.2) is 0 Å². The summed E-state index contributed by atoms with van der Waals surface area (Å²) < 4.78 is 45.9. The smallest absolute Gasteiger partial charge is 0.385 e. The summed E-state index contributed by atoms with van der Waals surface area (Å²) in [4.78, 5) is 11.7. The molecule has 1 amide bonds. The normalized spacial score (nSPS) is 11.6. The zero-order chi connectivity index (χ0) is 12.6. The summed E-state index contributed by atoms with van der Waals surface area (Å²) in [7, 11) is 2.82. The van der Waals surface area contributed by atoms with Gasteiger partial charge in [0, 0.05) is 33.9 Å². The van der Waals surface area contributed by atoms with E-state index in [-0.39, 0.29) is 19.7 Å². The maximum atomic E-state index is 12.2. The van der Waals surface area contributed by atoms with Gasteiger partial charge in [-0.05, 0) is 6.42 Å². The average Bonchev–Trinajstić information content (AvgIpc) is 2.21. The molecule has 0 saturated carbocycles. The van der Waals surface area contributed by atoms with Crippen LogP contribution in [-0.2, 0) is 14.3 Å². The van der Waals surface area contributed by atoms with Gasteiger partial charge in [-0.3, -0.25) is 4.79 Å². The molecule has 0 aromatic heterocycles. The van der Waals surface area contributed by atoms with Crippen LogP contribution < -0.4 is 0 Å². The predicted octanol–water partition coefficient (Wildman–Crippen LogP) is 1.06. The number of nitrogens with zero attached hydrogens (tertiary/aromatic N) is 1. The van der Waals surface area contributed by atoms with Crippen LogP contribution in [0.4, 0.5) is 13.2 Å². The lowest BCUT2D eigenvalue weighted by Gasteiger charge is -2.23. The summed E-state index contributed by atoms with van der Waals surface area (Å²) in [6.07, 6.45) is -4.47. The van der Waals surface area contributed by atoms with E-state index in [0.717, 1.165) is 4.90 Å². The second kappa shape index (κ2) is 7.45. The van der Waals surface area contributed by atoms with Crippen LogP contribution >= 0.6 is 0 Å². The molecule has 0 bridgehead atoms. The van der Waals surface area contributed by atoms with Gasteiger partial charge in [-0.25, -0.2) is 0 Å². The van der Waals surface area contributed by atoms with Crippen molar-refractivity contribution in [3.8, 4) is 0 Å². The lowest BCUT2D eigenvalue weighted by molar-refractivity contribution is -0.186. The van der Waals surface area contributed by atoms with Gasteiger partial charge in [0.25, 0.3) is 0 Å². The molecule has 0 aromatic carbocycles. The fourth-order valence-corrected chi connectivity index (χ4v) is 1.10. The number of carbonyl (C=O) groups is 1. The Balaban J connectivity index is 4.24. The highest BCUT2D eigenvalue weighted by Crippen LogP contribution is 2.18. The Kier molecular flexibility index (Phi) is 7.07. The standard InChI is InChI=1S/C9H16F3NO3/c1-15-6-3-4-13(5-7-16-2)8(14)9(10,11)12/h3-7H2,1-2H3. The first-order valence-corrected chi connectivity index (χ1v) is 4.77. The van der Waals surface area contributed by atoms with Crippen LogP contribution in [0.3, 0.4) is 0 Å². The van der Waals surface area contributed by atoms with Crippen molar-refractivity contribution >= 4 is 5.91 Å². The molecule has 0 aliphatic rings. The number of rotatable bonds is 7. The Morgan fingerprint density at radius 2 is 1.69 bits per heavy atom. The second-order valence-corrected chi connectivity index (χ2v) is 3.13. The molecule has 0 unspecified atom stereocenters. The van der Waals surface area contributed by atoms with E-state index in [2.05, 4.69) is 4.74 Å². The first-order chi connectivity index (χ1) is 7.43. The van der Waals surface area contributed by atoms with Crippen molar-refractivity contribution in [3.63, 3.8) is 0 Å². The van der Waals surface area contributed by atoms with Crippen LogP contribution in [-0.4, -0.2) is 57.5 Å². The zero-order valence-electron chi connectivity index (χ0n) is 9.34. The van der Waals surface area contributed by atoms with Crippen molar-refractivity contribution in [1.82, 2.24) is 4.90 Å². The molecule has 0 radical (unpaired) electrons. The molecule has 0 aliphatic heterocycles. The molecule has 0 aliphatic carbocycles. The van der Waals surface area contributed by atoms with Crippen LogP contribution in [0.1, 0.15) is 6.42 Å². The molecule has 0 atom stereocenters. The molecular weight excluding hydrogens is 227 g/mol. The summed E-state index contributed by atoms with van der Waals surface area (Å²) in [6.45, 7) is 0.331. The van der Waals surface area contributed by atoms with Gasteiger partial charge in [0.05, 0.1) is 6.61 Å². The third kappa shape index (κ3) is 5.92. The Labute approximate surface area is 92.3 Å². The lowest BCUT2D eigenvalue weighted by atomic mass is 10.3. The molecule has 0 fully saturated rings. The van der Waals surface area contributed by atoms with Crippen molar-refractivity contribution in [2.45, 2.75) is 12.6 Å². The Morgan fingerprint density at radius 3 is 2.12 bits per heavy atom. The minimum absolute atomic E-state index is 0.00947. The molecule has 7 heteroatoms. The number of halogens is 3. The fraction of sp³-hybridized carbons (Fsp3) is 0.889. The van der Waals surface area contributed by atoms with E-state index in [1.165, 1.54) is 14.2 Å². The predicted molar refractivity (Wildman–Crippen MR) is 51.0 cm³/mol. The summed E-state index contributed by atoms with van der Waals surface area (Å²) in [5, 5.41) is 0. The number of ether oxygens (including phenoxy) is 2. The van der Waals surface area contributed by atoms with E-state index in [4.69, 9.17) is 4.74 Å². The summed E-state index contributed by atoms with van der Waals surface area (Å²) >= 11 is 0. The van der Waals surface area contributed by atoms with E-state index in [0.29, 0.717) is 13.0 Å². The molecule has 0 N–H and O–H groups in total. The van der Waals surface area contributed by atoms with Gasteiger partial charge in [0.2, 0.25) is 0 Å². The molecule has 0 aromatic rings. The topological polar surface area (TPSA) is 38.8 Å². The highest BCUT2D eigenvalue weighted by Gasteiger charge is 2.42.